The van der Waals surface area contributed by atoms with Gasteiger partial charge in [0.15, 0.2) is 0 Å². The van der Waals surface area contributed by atoms with Crippen LogP contribution in [-0.4, -0.2) is 49.1 Å². The highest BCUT2D eigenvalue weighted by atomic mass is 16.5. The first-order valence-corrected chi connectivity index (χ1v) is 10.8. The Morgan fingerprint density at radius 3 is 2.43 bits per heavy atom. The van der Waals surface area contributed by atoms with Crippen LogP contribution in [0.25, 0.3) is 0 Å². The SMILES string of the molecule is COC(=O)CC1(C)C(=O)N(C2CCN(C3CCCCC3)CC2)c2ccccc21. The lowest BCUT2D eigenvalue weighted by Crippen LogP contribution is -2.51. The van der Waals surface area contributed by atoms with Crippen LogP contribution in [0.15, 0.2) is 24.3 Å². The maximum absolute atomic E-state index is 13.5. The molecule has 2 aliphatic heterocycles. The Hall–Kier alpha value is -1.88. The third kappa shape index (κ3) is 3.34. The molecule has 2 fully saturated rings. The van der Waals surface area contributed by atoms with Crippen molar-refractivity contribution in [2.24, 2.45) is 0 Å². The number of benzene rings is 1. The molecule has 1 atom stereocenters. The molecule has 4 rings (SSSR count). The zero-order valence-corrected chi connectivity index (χ0v) is 17.2. The number of likely N-dealkylation sites (tertiary alicyclic amines) is 1. The molecule has 5 heteroatoms. The smallest absolute Gasteiger partial charge is 0.306 e. The number of rotatable bonds is 4. The number of carbonyl (C=O) groups excluding carboxylic acids is 2. The molecule has 0 N–H and O–H groups in total. The van der Waals surface area contributed by atoms with Crippen LogP contribution in [0.4, 0.5) is 5.69 Å². The van der Waals surface area contributed by atoms with E-state index in [9.17, 15) is 9.59 Å². The number of carbonyl (C=O) groups is 2. The van der Waals surface area contributed by atoms with E-state index in [1.807, 2.05) is 36.1 Å². The molecule has 0 spiro atoms. The zero-order chi connectivity index (χ0) is 19.7. The van der Waals surface area contributed by atoms with E-state index in [1.165, 1.54) is 39.2 Å². The molecule has 1 saturated carbocycles. The summed E-state index contributed by atoms with van der Waals surface area (Å²) in [6, 6.07) is 8.92. The van der Waals surface area contributed by atoms with Gasteiger partial charge in [-0.05, 0) is 44.2 Å². The van der Waals surface area contributed by atoms with Gasteiger partial charge in [-0.3, -0.25) is 9.59 Å². The Morgan fingerprint density at radius 1 is 1.07 bits per heavy atom. The Kier molecular flexibility index (Phi) is 5.46. The van der Waals surface area contributed by atoms with Gasteiger partial charge in [-0.25, -0.2) is 0 Å². The maximum atomic E-state index is 13.5. The van der Waals surface area contributed by atoms with Crippen LogP contribution in [0.2, 0.25) is 0 Å². The number of hydrogen-bond acceptors (Lipinski definition) is 4. The van der Waals surface area contributed by atoms with E-state index in [1.54, 1.807) is 0 Å². The van der Waals surface area contributed by atoms with E-state index in [0.29, 0.717) is 0 Å². The van der Waals surface area contributed by atoms with Crippen molar-refractivity contribution in [3.05, 3.63) is 29.8 Å². The molecule has 1 aromatic carbocycles. The summed E-state index contributed by atoms with van der Waals surface area (Å²) in [5, 5.41) is 0. The Labute approximate surface area is 168 Å². The molecule has 1 aliphatic carbocycles. The second-order valence-electron chi connectivity index (χ2n) is 8.84. The fourth-order valence-electron chi connectivity index (χ4n) is 5.49. The van der Waals surface area contributed by atoms with E-state index in [-0.39, 0.29) is 24.3 Å². The van der Waals surface area contributed by atoms with Gasteiger partial charge in [0.05, 0.1) is 18.9 Å². The molecule has 1 saturated heterocycles. The fraction of sp³-hybridized carbons (Fsp3) is 0.652. The van der Waals surface area contributed by atoms with E-state index >= 15 is 0 Å². The molecular formula is C23H32N2O3. The minimum Gasteiger partial charge on any atom is -0.469 e. The predicted molar refractivity (Wildman–Crippen MR) is 109 cm³/mol. The molecule has 3 aliphatic rings. The average molecular weight is 385 g/mol. The largest absolute Gasteiger partial charge is 0.469 e. The standard InChI is InChI=1S/C23H32N2O3/c1-23(16-21(26)28-2)19-10-6-7-11-20(19)25(22(23)27)18-12-14-24(15-13-18)17-8-4-3-5-9-17/h6-7,10-11,17-18H,3-5,8-9,12-16H2,1-2H3. The number of amides is 1. The third-order valence-electron chi connectivity index (χ3n) is 7.13. The number of esters is 1. The highest BCUT2D eigenvalue weighted by Crippen LogP contribution is 2.46. The molecule has 152 valence electrons. The summed E-state index contributed by atoms with van der Waals surface area (Å²) in [6.07, 6.45) is 8.85. The summed E-state index contributed by atoms with van der Waals surface area (Å²) >= 11 is 0. The van der Waals surface area contributed by atoms with Crippen molar-refractivity contribution >= 4 is 17.6 Å². The summed E-state index contributed by atoms with van der Waals surface area (Å²) in [5.74, 6) is -0.283. The van der Waals surface area contributed by atoms with Crippen molar-refractivity contribution in [2.75, 3.05) is 25.1 Å². The van der Waals surface area contributed by atoms with Gasteiger partial charge in [0, 0.05) is 30.9 Å². The van der Waals surface area contributed by atoms with Gasteiger partial charge < -0.3 is 14.5 Å². The number of anilines is 1. The monoisotopic (exact) mass is 384 g/mol. The number of piperidine rings is 1. The van der Waals surface area contributed by atoms with Crippen molar-refractivity contribution in [2.45, 2.75) is 75.8 Å². The first-order chi connectivity index (χ1) is 13.5. The van der Waals surface area contributed by atoms with Gasteiger partial charge >= 0.3 is 5.97 Å². The summed E-state index contributed by atoms with van der Waals surface area (Å²) in [5.41, 5.74) is 1.11. The van der Waals surface area contributed by atoms with Crippen LogP contribution in [0.5, 0.6) is 0 Å². The highest BCUT2D eigenvalue weighted by Gasteiger charge is 2.51. The Balaban J connectivity index is 1.52. The highest BCUT2D eigenvalue weighted by molar-refractivity contribution is 6.09. The second kappa shape index (κ2) is 7.86. The molecule has 28 heavy (non-hydrogen) atoms. The maximum Gasteiger partial charge on any atom is 0.306 e. The minimum absolute atomic E-state index is 0.0511. The van der Waals surface area contributed by atoms with E-state index in [2.05, 4.69) is 4.90 Å². The quantitative estimate of drug-likeness (QED) is 0.744. The van der Waals surface area contributed by atoms with Crippen molar-refractivity contribution < 1.29 is 14.3 Å². The van der Waals surface area contributed by atoms with E-state index in [4.69, 9.17) is 4.74 Å². The lowest BCUT2D eigenvalue weighted by molar-refractivity contribution is -0.144. The zero-order valence-electron chi connectivity index (χ0n) is 17.2. The molecular weight excluding hydrogens is 352 g/mol. The molecule has 1 amide bonds. The van der Waals surface area contributed by atoms with Crippen LogP contribution < -0.4 is 4.90 Å². The van der Waals surface area contributed by atoms with Crippen LogP contribution in [-0.2, 0) is 19.7 Å². The summed E-state index contributed by atoms with van der Waals surface area (Å²) in [7, 11) is 1.38. The molecule has 1 aromatic rings. The molecule has 0 bridgehead atoms. The molecule has 5 nitrogen and oxygen atoms in total. The van der Waals surface area contributed by atoms with Crippen molar-refractivity contribution in [3.8, 4) is 0 Å². The van der Waals surface area contributed by atoms with Crippen LogP contribution >= 0.6 is 0 Å². The third-order valence-corrected chi connectivity index (χ3v) is 7.13. The molecule has 0 radical (unpaired) electrons. The normalized spacial score (nSPS) is 27.1. The predicted octanol–water partition coefficient (Wildman–Crippen LogP) is 3.65. The number of para-hydroxylation sites is 1. The number of fused-ring (bicyclic) bond motifs is 1. The summed E-state index contributed by atoms with van der Waals surface area (Å²) in [4.78, 5) is 30.2. The van der Waals surface area contributed by atoms with Gasteiger partial charge in [0.2, 0.25) is 5.91 Å². The minimum atomic E-state index is -0.829. The van der Waals surface area contributed by atoms with Crippen molar-refractivity contribution in [1.82, 2.24) is 4.90 Å². The first kappa shape index (κ1) is 19.4. The summed E-state index contributed by atoms with van der Waals surface area (Å²) < 4.78 is 4.89. The van der Waals surface area contributed by atoms with Gasteiger partial charge in [-0.15, -0.1) is 0 Å². The van der Waals surface area contributed by atoms with Crippen LogP contribution in [0, 0.1) is 0 Å². The lowest BCUT2D eigenvalue weighted by Gasteiger charge is -2.42. The molecule has 0 aromatic heterocycles. The van der Waals surface area contributed by atoms with E-state index in [0.717, 1.165) is 43.2 Å². The average Bonchev–Trinajstić information content (AvgIpc) is 2.96. The summed E-state index contributed by atoms with van der Waals surface area (Å²) in [6.45, 7) is 4.02. The van der Waals surface area contributed by atoms with Crippen LogP contribution in [0.3, 0.4) is 0 Å². The van der Waals surface area contributed by atoms with Gasteiger partial charge in [0.1, 0.15) is 0 Å². The van der Waals surface area contributed by atoms with Crippen molar-refractivity contribution in [3.63, 3.8) is 0 Å². The Bertz CT molecular complexity index is 735. The number of nitrogens with zero attached hydrogens (tertiary/aromatic N) is 2. The number of ether oxygens (including phenoxy) is 1. The first-order valence-electron chi connectivity index (χ1n) is 10.8. The van der Waals surface area contributed by atoms with Gasteiger partial charge in [-0.1, -0.05) is 37.5 Å². The lowest BCUT2D eigenvalue weighted by atomic mass is 9.80. The number of hydrogen-bond donors (Lipinski definition) is 0. The molecule has 1 unspecified atom stereocenters. The van der Waals surface area contributed by atoms with Crippen molar-refractivity contribution in [1.29, 1.82) is 0 Å². The second-order valence-corrected chi connectivity index (χ2v) is 8.84. The Morgan fingerprint density at radius 2 is 1.75 bits per heavy atom. The topological polar surface area (TPSA) is 49.9 Å². The van der Waals surface area contributed by atoms with Crippen LogP contribution in [0.1, 0.15) is 63.9 Å². The fourth-order valence-corrected chi connectivity index (χ4v) is 5.49. The van der Waals surface area contributed by atoms with Gasteiger partial charge in [0.25, 0.3) is 0 Å². The van der Waals surface area contributed by atoms with Gasteiger partial charge in [-0.2, -0.15) is 0 Å². The molecule has 2 heterocycles. The van der Waals surface area contributed by atoms with E-state index < -0.39 is 5.41 Å². The number of methoxy groups -OCH3 is 1.